The van der Waals surface area contributed by atoms with Crippen molar-refractivity contribution in [3.05, 3.63) is 48.6 Å². The molecule has 0 aliphatic rings. The average molecular weight is 282 g/mol. The van der Waals surface area contributed by atoms with E-state index in [0.717, 1.165) is 24.5 Å². The Morgan fingerprint density at radius 2 is 1.70 bits per heavy atom. The van der Waals surface area contributed by atoms with E-state index in [1.165, 1.54) is 0 Å². The monoisotopic (exact) mass is 282 g/mol. The predicted molar refractivity (Wildman–Crippen MR) is 85.0 cm³/mol. The molecule has 0 saturated heterocycles. The Kier molecular flexibility index (Phi) is 7.12. The van der Waals surface area contributed by atoms with Crippen LogP contribution in [0.3, 0.4) is 0 Å². The minimum absolute atomic E-state index is 0.0757. The molecule has 0 aliphatic heterocycles. The molecule has 1 atom stereocenters. The van der Waals surface area contributed by atoms with Crippen LogP contribution in [0.25, 0.3) is 0 Å². The first-order chi connectivity index (χ1) is 8.98. The molecule has 0 spiro atoms. The lowest BCUT2D eigenvalue weighted by Gasteiger charge is -2.23. The fraction of sp³-hybridized carbons (Fsp3) is 0.556. The Labute approximate surface area is 123 Å². The maximum atomic E-state index is 13.2. The minimum atomic E-state index is -2.64. The van der Waals surface area contributed by atoms with Crippen molar-refractivity contribution in [2.45, 2.75) is 53.4 Å². The maximum absolute atomic E-state index is 13.2. The Morgan fingerprint density at radius 3 is 2.10 bits per heavy atom. The van der Waals surface area contributed by atoms with E-state index in [9.17, 15) is 8.78 Å². The molecular weight excluding hydrogens is 254 g/mol. The number of halogens is 2. The third-order valence-electron chi connectivity index (χ3n) is 3.33. The fourth-order valence-corrected chi connectivity index (χ4v) is 1.60. The van der Waals surface area contributed by atoms with Crippen molar-refractivity contribution in [2.24, 2.45) is 11.3 Å². The number of alkyl halides is 2. The van der Waals surface area contributed by atoms with Crippen LogP contribution in [-0.4, -0.2) is 5.92 Å². The Balaban J connectivity index is 5.00. The zero-order valence-electron chi connectivity index (χ0n) is 13.5. The molecule has 114 valence electrons. The van der Waals surface area contributed by atoms with Gasteiger partial charge in [-0.2, -0.15) is 0 Å². The van der Waals surface area contributed by atoms with Crippen molar-refractivity contribution in [2.75, 3.05) is 0 Å². The van der Waals surface area contributed by atoms with E-state index >= 15 is 0 Å². The molecule has 0 aromatic rings. The van der Waals surface area contributed by atoms with Crippen LogP contribution in [0.1, 0.15) is 47.5 Å². The van der Waals surface area contributed by atoms with Gasteiger partial charge in [0.15, 0.2) is 0 Å². The highest BCUT2D eigenvalue weighted by molar-refractivity contribution is 5.30. The lowest BCUT2D eigenvalue weighted by atomic mass is 9.84. The first-order valence-corrected chi connectivity index (χ1v) is 7.03. The van der Waals surface area contributed by atoms with E-state index in [0.29, 0.717) is 6.42 Å². The molecule has 0 N–H and O–H groups in total. The number of rotatable bonds is 7. The van der Waals surface area contributed by atoms with Gasteiger partial charge in [0.25, 0.3) is 0 Å². The molecule has 0 saturated carbocycles. The van der Waals surface area contributed by atoms with Crippen LogP contribution in [0.15, 0.2) is 48.6 Å². The molecule has 0 aromatic heterocycles. The first kappa shape index (κ1) is 18.8. The lowest BCUT2D eigenvalue weighted by Crippen LogP contribution is -2.21. The van der Waals surface area contributed by atoms with E-state index in [2.05, 4.69) is 33.9 Å². The van der Waals surface area contributed by atoms with E-state index in [-0.39, 0.29) is 5.41 Å². The molecule has 2 heteroatoms. The van der Waals surface area contributed by atoms with Crippen LogP contribution in [0.2, 0.25) is 0 Å². The average Bonchev–Trinajstić information content (AvgIpc) is 2.25. The van der Waals surface area contributed by atoms with Gasteiger partial charge >= 0.3 is 0 Å². The van der Waals surface area contributed by atoms with Crippen LogP contribution in [0.4, 0.5) is 8.78 Å². The highest BCUT2D eigenvalue weighted by Crippen LogP contribution is 2.31. The van der Waals surface area contributed by atoms with E-state index in [1.54, 1.807) is 13.0 Å². The summed E-state index contributed by atoms with van der Waals surface area (Å²) in [7, 11) is 0. The molecular formula is C18H28F2. The molecule has 0 aromatic carbocycles. The molecule has 0 bridgehead atoms. The van der Waals surface area contributed by atoms with Gasteiger partial charge in [-0.05, 0) is 30.8 Å². The smallest absolute Gasteiger partial charge is 0.207 e. The van der Waals surface area contributed by atoms with Gasteiger partial charge in [-0.25, -0.2) is 8.78 Å². The SMILES string of the molecule is C=CCC(=C)/C=C\C(=C/CC(C)C(C)(F)F)C(C)(C)C. The third kappa shape index (κ3) is 7.42. The van der Waals surface area contributed by atoms with Crippen molar-refractivity contribution in [1.29, 1.82) is 0 Å². The minimum Gasteiger partial charge on any atom is -0.207 e. The Morgan fingerprint density at radius 1 is 1.15 bits per heavy atom. The highest BCUT2D eigenvalue weighted by Gasteiger charge is 2.29. The number of hydrogen-bond donors (Lipinski definition) is 0. The van der Waals surface area contributed by atoms with Crippen molar-refractivity contribution in [3.8, 4) is 0 Å². The summed E-state index contributed by atoms with van der Waals surface area (Å²) in [6, 6.07) is 0. The van der Waals surface area contributed by atoms with Crippen molar-refractivity contribution >= 4 is 0 Å². The van der Waals surface area contributed by atoms with Crippen LogP contribution in [0, 0.1) is 11.3 Å². The first-order valence-electron chi connectivity index (χ1n) is 7.03. The summed E-state index contributed by atoms with van der Waals surface area (Å²) in [4.78, 5) is 0. The van der Waals surface area contributed by atoms with E-state index < -0.39 is 11.8 Å². The summed E-state index contributed by atoms with van der Waals surface area (Å²) < 4.78 is 26.4. The Hall–Kier alpha value is -1.18. The number of allylic oxidation sites excluding steroid dienone is 6. The van der Waals surface area contributed by atoms with Crippen molar-refractivity contribution < 1.29 is 8.78 Å². The molecule has 0 nitrogen and oxygen atoms in total. The van der Waals surface area contributed by atoms with Gasteiger partial charge in [0, 0.05) is 5.92 Å². The zero-order chi connectivity index (χ0) is 16.0. The molecule has 20 heavy (non-hydrogen) atoms. The summed E-state index contributed by atoms with van der Waals surface area (Å²) in [5, 5.41) is 0. The standard InChI is InChI=1S/C18H28F2/c1-8-9-14(2)10-12-16(17(4,5)6)13-11-15(3)18(7,19)20/h8,10,12-13,15H,1-2,9,11H2,3-7H3/b12-10-,16-13+. The summed E-state index contributed by atoms with van der Waals surface area (Å²) >= 11 is 0. The number of hydrogen-bond acceptors (Lipinski definition) is 0. The molecule has 0 heterocycles. The lowest BCUT2D eigenvalue weighted by molar-refractivity contribution is -0.0311. The summed E-state index contributed by atoms with van der Waals surface area (Å²) in [6.45, 7) is 16.4. The van der Waals surface area contributed by atoms with Crippen LogP contribution in [-0.2, 0) is 0 Å². The maximum Gasteiger partial charge on any atom is 0.248 e. The quantitative estimate of drug-likeness (QED) is 0.378. The highest BCUT2D eigenvalue weighted by atomic mass is 19.3. The van der Waals surface area contributed by atoms with Gasteiger partial charge in [0.2, 0.25) is 5.92 Å². The van der Waals surface area contributed by atoms with Gasteiger partial charge in [-0.15, -0.1) is 6.58 Å². The van der Waals surface area contributed by atoms with Gasteiger partial charge < -0.3 is 0 Å². The fourth-order valence-electron chi connectivity index (χ4n) is 1.60. The summed E-state index contributed by atoms with van der Waals surface area (Å²) in [5.74, 6) is -3.31. The normalized spacial score (nSPS) is 15.4. The van der Waals surface area contributed by atoms with E-state index in [4.69, 9.17) is 0 Å². The van der Waals surface area contributed by atoms with Crippen LogP contribution < -0.4 is 0 Å². The second-order valence-corrected chi connectivity index (χ2v) is 6.49. The second-order valence-electron chi connectivity index (χ2n) is 6.49. The summed E-state index contributed by atoms with van der Waals surface area (Å²) in [5.41, 5.74) is 1.94. The molecule has 0 amide bonds. The predicted octanol–water partition coefficient (Wildman–Crippen LogP) is 6.33. The van der Waals surface area contributed by atoms with Crippen LogP contribution in [0.5, 0.6) is 0 Å². The largest absolute Gasteiger partial charge is 0.248 e. The van der Waals surface area contributed by atoms with Gasteiger partial charge in [-0.1, -0.05) is 64.2 Å². The molecule has 0 rings (SSSR count). The van der Waals surface area contributed by atoms with Gasteiger partial charge in [0.05, 0.1) is 0 Å². The third-order valence-corrected chi connectivity index (χ3v) is 3.33. The zero-order valence-corrected chi connectivity index (χ0v) is 13.5. The van der Waals surface area contributed by atoms with Crippen molar-refractivity contribution in [3.63, 3.8) is 0 Å². The van der Waals surface area contributed by atoms with Gasteiger partial charge in [0.1, 0.15) is 0 Å². The van der Waals surface area contributed by atoms with Gasteiger partial charge in [-0.3, -0.25) is 0 Å². The van der Waals surface area contributed by atoms with Crippen molar-refractivity contribution in [1.82, 2.24) is 0 Å². The molecule has 0 radical (unpaired) electrons. The van der Waals surface area contributed by atoms with Crippen LogP contribution >= 0.6 is 0 Å². The topological polar surface area (TPSA) is 0 Å². The Bertz CT molecular complexity index is 387. The van der Waals surface area contributed by atoms with E-state index in [1.807, 2.05) is 18.2 Å². The molecule has 0 aliphatic carbocycles. The molecule has 1 unspecified atom stereocenters. The summed E-state index contributed by atoms with van der Waals surface area (Å²) in [6.07, 6.45) is 8.73. The second kappa shape index (κ2) is 7.56. The molecule has 0 fully saturated rings.